The summed E-state index contributed by atoms with van der Waals surface area (Å²) in [5, 5.41) is 2.51. The number of rotatable bonds is 4. The van der Waals surface area contributed by atoms with Gasteiger partial charge in [0.05, 0.1) is 11.3 Å². The van der Waals surface area contributed by atoms with Crippen molar-refractivity contribution in [2.45, 2.75) is 25.1 Å². The van der Waals surface area contributed by atoms with Crippen molar-refractivity contribution in [2.75, 3.05) is 25.5 Å². The van der Waals surface area contributed by atoms with Gasteiger partial charge in [0, 0.05) is 11.6 Å². The molecule has 1 fully saturated rings. The molecule has 3 rings (SSSR count). The first-order valence-corrected chi connectivity index (χ1v) is 8.85. The van der Waals surface area contributed by atoms with Gasteiger partial charge in [-0.1, -0.05) is 12.1 Å². The Bertz CT molecular complexity index is 854. The number of amides is 1. The van der Waals surface area contributed by atoms with Gasteiger partial charge in [0.25, 0.3) is 0 Å². The average molecular weight is 396 g/mol. The number of halogens is 4. The predicted octanol–water partition coefficient (Wildman–Crippen LogP) is 5.15. The minimum atomic E-state index is -4.52. The molecule has 1 aliphatic rings. The van der Waals surface area contributed by atoms with E-state index >= 15 is 0 Å². The average Bonchev–Trinajstić information content (AvgIpc) is 3.06. The molecule has 1 saturated heterocycles. The number of nitrogens with zero attached hydrogens (tertiary/aromatic N) is 1. The number of ether oxygens (including phenoxy) is 1. The number of nitrogens with one attached hydrogen (secondary N) is 1. The summed E-state index contributed by atoms with van der Waals surface area (Å²) >= 11 is 0. The molecule has 4 nitrogen and oxygen atoms in total. The van der Waals surface area contributed by atoms with Gasteiger partial charge in [-0.25, -0.2) is 9.18 Å². The molecule has 28 heavy (non-hydrogen) atoms. The van der Waals surface area contributed by atoms with Gasteiger partial charge in [0.1, 0.15) is 12.4 Å². The van der Waals surface area contributed by atoms with E-state index in [-0.39, 0.29) is 29.5 Å². The minimum absolute atomic E-state index is 0.139. The normalized spacial score (nSPS) is 17.5. The monoisotopic (exact) mass is 396 g/mol. The summed E-state index contributed by atoms with van der Waals surface area (Å²) in [4.78, 5) is 14.2. The molecule has 0 spiro atoms. The van der Waals surface area contributed by atoms with Crippen LogP contribution in [0, 0.1) is 5.82 Å². The second-order valence-electron chi connectivity index (χ2n) is 6.77. The van der Waals surface area contributed by atoms with Crippen LogP contribution in [0.2, 0.25) is 0 Å². The second kappa shape index (κ2) is 8.18. The van der Waals surface area contributed by atoms with Crippen molar-refractivity contribution < 1.29 is 27.1 Å². The van der Waals surface area contributed by atoms with E-state index in [1.54, 1.807) is 0 Å². The topological polar surface area (TPSA) is 41.6 Å². The maximum atomic E-state index is 13.7. The van der Waals surface area contributed by atoms with E-state index in [9.17, 15) is 22.4 Å². The third kappa shape index (κ3) is 4.81. The Labute approximate surface area is 160 Å². The van der Waals surface area contributed by atoms with Crippen LogP contribution >= 0.6 is 0 Å². The first kappa shape index (κ1) is 20.1. The molecule has 1 amide bonds. The molecule has 1 atom stereocenters. The highest BCUT2D eigenvalue weighted by molar-refractivity contribution is 5.91. The molecule has 2 aromatic rings. The highest BCUT2D eigenvalue weighted by Crippen LogP contribution is 2.35. The molecule has 0 aliphatic carbocycles. The zero-order valence-corrected chi connectivity index (χ0v) is 15.2. The molecule has 150 valence electrons. The fourth-order valence-electron chi connectivity index (χ4n) is 3.24. The number of benzene rings is 2. The molecule has 0 radical (unpaired) electrons. The summed E-state index contributed by atoms with van der Waals surface area (Å²) in [5.74, 6) is -0.626. The molecule has 0 saturated carbocycles. The summed E-state index contributed by atoms with van der Waals surface area (Å²) in [7, 11) is 1.95. The van der Waals surface area contributed by atoms with Crippen molar-refractivity contribution >= 4 is 11.8 Å². The molecular formula is C20H20F4N2O2. The van der Waals surface area contributed by atoms with E-state index in [1.165, 1.54) is 18.2 Å². The van der Waals surface area contributed by atoms with Gasteiger partial charge in [-0.2, -0.15) is 13.2 Å². The lowest BCUT2D eigenvalue weighted by Gasteiger charge is -2.19. The van der Waals surface area contributed by atoms with Crippen LogP contribution in [0.3, 0.4) is 0 Å². The number of likely N-dealkylation sites (N-methyl/N-ethyl adjacent to an activating group) is 1. The van der Waals surface area contributed by atoms with E-state index in [2.05, 4.69) is 10.2 Å². The Hall–Kier alpha value is -2.61. The Morgan fingerprint density at radius 3 is 2.71 bits per heavy atom. The SMILES string of the molecule is CN1CCC[C@H]1COC(=O)Nc1ccc(F)cc1-c1cccc(C(F)(F)F)c1. The molecule has 2 aromatic carbocycles. The lowest BCUT2D eigenvalue weighted by atomic mass is 10.0. The summed E-state index contributed by atoms with van der Waals surface area (Å²) in [6.45, 7) is 1.15. The van der Waals surface area contributed by atoms with Gasteiger partial charge >= 0.3 is 12.3 Å². The number of carbonyl (C=O) groups is 1. The third-order valence-electron chi connectivity index (χ3n) is 4.80. The number of hydrogen-bond acceptors (Lipinski definition) is 3. The second-order valence-corrected chi connectivity index (χ2v) is 6.77. The van der Waals surface area contributed by atoms with E-state index in [1.807, 2.05) is 7.05 Å². The maximum Gasteiger partial charge on any atom is 0.416 e. The molecule has 0 aromatic heterocycles. The standard InChI is InChI=1S/C20H20F4N2O2/c1-26-9-3-6-16(26)12-28-19(27)25-18-8-7-15(21)11-17(18)13-4-2-5-14(10-13)20(22,23)24/h2,4-5,7-8,10-11,16H,3,6,9,12H2,1H3,(H,25,27)/t16-/m0/s1. The molecular weight excluding hydrogens is 376 g/mol. The molecule has 1 aliphatic heterocycles. The van der Waals surface area contributed by atoms with Crippen LogP contribution in [0.4, 0.5) is 28.0 Å². The van der Waals surface area contributed by atoms with Crippen molar-refractivity contribution in [3.63, 3.8) is 0 Å². The van der Waals surface area contributed by atoms with E-state index in [4.69, 9.17) is 4.74 Å². The van der Waals surface area contributed by atoms with E-state index in [0.29, 0.717) is 0 Å². The van der Waals surface area contributed by atoms with Crippen LogP contribution in [-0.2, 0) is 10.9 Å². The Balaban J connectivity index is 1.78. The number of hydrogen-bond donors (Lipinski definition) is 1. The number of carbonyl (C=O) groups excluding carboxylic acids is 1. The molecule has 1 N–H and O–H groups in total. The van der Waals surface area contributed by atoms with Crippen LogP contribution in [-0.4, -0.2) is 37.2 Å². The van der Waals surface area contributed by atoms with Crippen molar-refractivity contribution in [1.82, 2.24) is 4.90 Å². The van der Waals surface area contributed by atoms with Crippen LogP contribution < -0.4 is 5.32 Å². The fourth-order valence-corrected chi connectivity index (χ4v) is 3.24. The van der Waals surface area contributed by atoms with Crippen LogP contribution in [0.5, 0.6) is 0 Å². The molecule has 0 bridgehead atoms. The summed E-state index contributed by atoms with van der Waals surface area (Å²) in [6, 6.07) is 8.15. The van der Waals surface area contributed by atoms with Gasteiger partial charge in [0.2, 0.25) is 0 Å². The van der Waals surface area contributed by atoms with Crippen molar-refractivity contribution in [3.05, 3.63) is 53.8 Å². The van der Waals surface area contributed by atoms with Gasteiger partial charge in [0.15, 0.2) is 0 Å². The van der Waals surface area contributed by atoms with Crippen LogP contribution in [0.15, 0.2) is 42.5 Å². The van der Waals surface area contributed by atoms with Crippen molar-refractivity contribution in [1.29, 1.82) is 0 Å². The van der Waals surface area contributed by atoms with Gasteiger partial charge in [-0.3, -0.25) is 5.32 Å². The first-order valence-electron chi connectivity index (χ1n) is 8.85. The van der Waals surface area contributed by atoms with E-state index < -0.39 is 23.7 Å². The Morgan fingerprint density at radius 2 is 2.04 bits per heavy atom. The predicted molar refractivity (Wildman–Crippen MR) is 97.5 cm³/mol. The molecule has 1 heterocycles. The number of likely N-dealkylation sites (tertiary alicyclic amines) is 1. The number of anilines is 1. The largest absolute Gasteiger partial charge is 0.448 e. The first-order chi connectivity index (χ1) is 13.2. The Kier molecular flexibility index (Phi) is 5.88. The van der Waals surface area contributed by atoms with Crippen molar-refractivity contribution in [2.24, 2.45) is 0 Å². The van der Waals surface area contributed by atoms with Gasteiger partial charge < -0.3 is 9.64 Å². The highest BCUT2D eigenvalue weighted by Gasteiger charge is 2.30. The Morgan fingerprint density at radius 1 is 1.25 bits per heavy atom. The quantitative estimate of drug-likeness (QED) is 0.727. The maximum absolute atomic E-state index is 13.7. The van der Waals surface area contributed by atoms with E-state index in [0.717, 1.165) is 43.7 Å². The third-order valence-corrected chi connectivity index (χ3v) is 4.80. The zero-order valence-electron chi connectivity index (χ0n) is 15.2. The molecule has 0 unspecified atom stereocenters. The van der Waals surface area contributed by atoms with Crippen LogP contribution in [0.25, 0.3) is 11.1 Å². The molecule has 8 heteroatoms. The number of alkyl halides is 3. The smallest absolute Gasteiger partial charge is 0.416 e. The van der Waals surface area contributed by atoms with Gasteiger partial charge in [-0.05, 0) is 62.3 Å². The summed E-state index contributed by atoms with van der Waals surface area (Å²) in [6.07, 6.45) is -3.30. The summed E-state index contributed by atoms with van der Waals surface area (Å²) < 4.78 is 57.9. The fraction of sp³-hybridized carbons (Fsp3) is 0.350. The van der Waals surface area contributed by atoms with Crippen LogP contribution in [0.1, 0.15) is 18.4 Å². The highest BCUT2D eigenvalue weighted by atomic mass is 19.4. The zero-order chi connectivity index (χ0) is 20.3. The lowest BCUT2D eigenvalue weighted by Crippen LogP contribution is -2.31. The minimum Gasteiger partial charge on any atom is -0.448 e. The summed E-state index contributed by atoms with van der Waals surface area (Å²) in [5.41, 5.74) is -0.404. The van der Waals surface area contributed by atoms with Crippen molar-refractivity contribution in [3.8, 4) is 11.1 Å². The van der Waals surface area contributed by atoms with Gasteiger partial charge in [-0.15, -0.1) is 0 Å². The lowest BCUT2D eigenvalue weighted by molar-refractivity contribution is -0.137.